The van der Waals surface area contributed by atoms with Crippen LogP contribution in [0.5, 0.6) is 0 Å². The van der Waals surface area contributed by atoms with Crippen molar-refractivity contribution in [1.29, 1.82) is 0 Å². The van der Waals surface area contributed by atoms with Gasteiger partial charge in [0.15, 0.2) is 0 Å². The van der Waals surface area contributed by atoms with Gasteiger partial charge in [-0.3, -0.25) is 4.79 Å². The first-order chi connectivity index (χ1) is 12.6. The van der Waals surface area contributed by atoms with Crippen molar-refractivity contribution in [2.75, 3.05) is 19.7 Å². The average molecular weight is 373 g/mol. The van der Waals surface area contributed by atoms with Crippen LogP contribution in [0.3, 0.4) is 0 Å². The number of carbonyl (C=O) groups is 2. The summed E-state index contributed by atoms with van der Waals surface area (Å²) in [6.07, 6.45) is 0.566. The number of cyclic esters (lactones) is 1. The molecule has 2 aromatic rings. The van der Waals surface area contributed by atoms with Crippen molar-refractivity contribution in [3.8, 4) is 0 Å². The fraction of sp³-hybridized carbons (Fsp3) is 0.300. The molecule has 2 aromatic carbocycles. The zero-order chi connectivity index (χ0) is 18.4. The Morgan fingerprint density at radius 3 is 2.54 bits per heavy atom. The van der Waals surface area contributed by atoms with E-state index >= 15 is 0 Å². The van der Waals surface area contributed by atoms with Crippen LogP contribution >= 0.6 is 11.6 Å². The third-order valence-corrected chi connectivity index (χ3v) is 4.60. The van der Waals surface area contributed by atoms with Gasteiger partial charge in [0.1, 0.15) is 6.61 Å². The van der Waals surface area contributed by atoms with Crippen LogP contribution in [-0.2, 0) is 16.0 Å². The summed E-state index contributed by atoms with van der Waals surface area (Å²) in [5.41, 5.74) is 2.13. The largest absolute Gasteiger partial charge is 0.448 e. The van der Waals surface area contributed by atoms with Crippen molar-refractivity contribution < 1.29 is 14.3 Å². The number of rotatable bonds is 7. The number of carbonyl (C=O) groups excluding carboxylic acids is 2. The van der Waals surface area contributed by atoms with Gasteiger partial charge in [-0.25, -0.2) is 4.79 Å². The summed E-state index contributed by atoms with van der Waals surface area (Å²) in [4.78, 5) is 25.4. The van der Waals surface area contributed by atoms with Crippen LogP contribution in [0.2, 0.25) is 5.02 Å². The predicted molar refractivity (Wildman–Crippen MR) is 100 cm³/mol. The highest BCUT2D eigenvalue weighted by atomic mass is 35.5. The lowest BCUT2D eigenvalue weighted by atomic mass is 9.98. The molecule has 1 N–H and O–H groups in total. The second-order valence-corrected chi connectivity index (χ2v) is 6.65. The lowest BCUT2D eigenvalue weighted by Crippen LogP contribution is -2.34. The molecule has 1 unspecified atom stereocenters. The summed E-state index contributed by atoms with van der Waals surface area (Å²) in [7, 11) is 0. The maximum absolute atomic E-state index is 12.4. The summed E-state index contributed by atoms with van der Waals surface area (Å²) in [6.45, 7) is 1.30. The Kier molecular flexibility index (Phi) is 6.12. The van der Waals surface area contributed by atoms with Crippen LogP contribution in [0.25, 0.3) is 0 Å². The van der Waals surface area contributed by atoms with Gasteiger partial charge in [0.2, 0.25) is 5.91 Å². The van der Waals surface area contributed by atoms with E-state index in [9.17, 15) is 9.59 Å². The molecule has 1 fully saturated rings. The van der Waals surface area contributed by atoms with Gasteiger partial charge in [-0.05, 0) is 29.7 Å². The number of nitrogens with zero attached hydrogens (tertiary/aromatic N) is 1. The number of ether oxygens (including phenoxy) is 1. The Morgan fingerprint density at radius 2 is 1.88 bits per heavy atom. The molecule has 2 amide bonds. The fourth-order valence-electron chi connectivity index (χ4n) is 2.93. The lowest BCUT2D eigenvalue weighted by Gasteiger charge is -2.20. The zero-order valence-electron chi connectivity index (χ0n) is 14.4. The molecule has 1 atom stereocenters. The van der Waals surface area contributed by atoms with Gasteiger partial charge >= 0.3 is 6.09 Å². The number of amides is 2. The summed E-state index contributed by atoms with van der Waals surface area (Å²) in [5, 5.41) is 3.77. The number of hydrogen-bond acceptors (Lipinski definition) is 3. The lowest BCUT2D eigenvalue weighted by molar-refractivity contribution is -0.122. The molecular formula is C20H21ClN2O3. The van der Waals surface area contributed by atoms with Crippen molar-refractivity contribution >= 4 is 23.6 Å². The first-order valence-corrected chi connectivity index (χ1v) is 9.00. The van der Waals surface area contributed by atoms with Crippen molar-refractivity contribution in [1.82, 2.24) is 10.2 Å². The van der Waals surface area contributed by atoms with Gasteiger partial charge in [-0.1, -0.05) is 54.1 Å². The van der Waals surface area contributed by atoms with E-state index in [1.807, 2.05) is 54.6 Å². The van der Waals surface area contributed by atoms with Crippen LogP contribution in [0.4, 0.5) is 4.79 Å². The van der Waals surface area contributed by atoms with E-state index in [2.05, 4.69) is 5.32 Å². The number of hydrogen-bond donors (Lipinski definition) is 1. The minimum Gasteiger partial charge on any atom is -0.448 e. The Labute approximate surface area is 157 Å². The Hall–Kier alpha value is -2.53. The SMILES string of the molecule is O=C(CCN1CCOC1=O)NC(Cc1ccc(Cl)cc1)c1ccccc1. The molecule has 1 aliphatic rings. The number of benzene rings is 2. The molecule has 0 saturated carbocycles. The quantitative estimate of drug-likeness (QED) is 0.808. The highest BCUT2D eigenvalue weighted by Gasteiger charge is 2.23. The van der Waals surface area contributed by atoms with Crippen LogP contribution < -0.4 is 5.32 Å². The smallest absolute Gasteiger partial charge is 0.409 e. The second kappa shape index (κ2) is 8.72. The van der Waals surface area contributed by atoms with Gasteiger partial charge in [-0.2, -0.15) is 0 Å². The van der Waals surface area contributed by atoms with Crippen molar-refractivity contribution in [2.45, 2.75) is 18.9 Å². The molecule has 3 rings (SSSR count). The summed E-state index contributed by atoms with van der Waals surface area (Å²) >= 11 is 5.95. The van der Waals surface area contributed by atoms with Crippen molar-refractivity contribution in [2.24, 2.45) is 0 Å². The fourth-order valence-corrected chi connectivity index (χ4v) is 3.05. The van der Waals surface area contributed by atoms with E-state index in [4.69, 9.17) is 16.3 Å². The Balaban J connectivity index is 1.64. The standard InChI is InChI=1S/C20H21ClN2O3/c21-17-8-6-15(7-9-17)14-18(16-4-2-1-3-5-16)22-19(24)10-11-23-12-13-26-20(23)25/h1-9,18H,10-14H2,(H,22,24). The molecule has 26 heavy (non-hydrogen) atoms. The van der Waals surface area contributed by atoms with Crippen molar-refractivity contribution in [3.63, 3.8) is 0 Å². The van der Waals surface area contributed by atoms with E-state index < -0.39 is 0 Å². The molecular weight excluding hydrogens is 352 g/mol. The third-order valence-electron chi connectivity index (χ3n) is 4.34. The van der Waals surface area contributed by atoms with Crippen LogP contribution in [0.15, 0.2) is 54.6 Å². The molecule has 6 heteroatoms. The maximum atomic E-state index is 12.4. The van der Waals surface area contributed by atoms with E-state index in [1.165, 1.54) is 0 Å². The first-order valence-electron chi connectivity index (χ1n) is 8.62. The van der Waals surface area contributed by atoms with Crippen molar-refractivity contribution in [3.05, 3.63) is 70.7 Å². The van der Waals surface area contributed by atoms with Gasteiger partial charge in [-0.15, -0.1) is 0 Å². The molecule has 5 nitrogen and oxygen atoms in total. The molecule has 1 aliphatic heterocycles. The Bertz CT molecular complexity index is 749. The zero-order valence-corrected chi connectivity index (χ0v) is 15.1. The van der Waals surface area contributed by atoms with Gasteiger partial charge < -0.3 is 15.0 Å². The molecule has 0 aliphatic carbocycles. The van der Waals surface area contributed by atoms with Crippen LogP contribution in [0.1, 0.15) is 23.6 Å². The topological polar surface area (TPSA) is 58.6 Å². The third kappa shape index (κ3) is 4.99. The highest BCUT2D eigenvalue weighted by Crippen LogP contribution is 2.20. The van der Waals surface area contributed by atoms with E-state index in [0.29, 0.717) is 31.1 Å². The second-order valence-electron chi connectivity index (χ2n) is 6.21. The molecule has 136 valence electrons. The first kappa shape index (κ1) is 18.3. The highest BCUT2D eigenvalue weighted by molar-refractivity contribution is 6.30. The summed E-state index contributed by atoms with van der Waals surface area (Å²) < 4.78 is 4.88. The normalized spacial score (nSPS) is 14.8. The summed E-state index contributed by atoms with van der Waals surface area (Å²) in [6, 6.07) is 17.3. The predicted octanol–water partition coefficient (Wildman–Crippen LogP) is 3.58. The van der Waals surface area contributed by atoms with E-state index in [-0.39, 0.29) is 24.5 Å². The van der Waals surface area contributed by atoms with Crippen LogP contribution in [0, 0.1) is 0 Å². The molecule has 0 radical (unpaired) electrons. The molecule has 0 bridgehead atoms. The Morgan fingerprint density at radius 1 is 1.15 bits per heavy atom. The van der Waals surface area contributed by atoms with Gasteiger partial charge in [0.05, 0.1) is 12.6 Å². The minimum absolute atomic E-state index is 0.0903. The minimum atomic E-state index is -0.349. The van der Waals surface area contributed by atoms with Crippen LogP contribution in [-0.4, -0.2) is 36.6 Å². The van der Waals surface area contributed by atoms with E-state index in [0.717, 1.165) is 11.1 Å². The molecule has 0 spiro atoms. The monoisotopic (exact) mass is 372 g/mol. The maximum Gasteiger partial charge on any atom is 0.409 e. The number of nitrogens with one attached hydrogen (secondary N) is 1. The van der Waals surface area contributed by atoms with Gasteiger partial charge in [0.25, 0.3) is 0 Å². The van der Waals surface area contributed by atoms with E-state index in [1.54, 1.807) is 4.90 Å². The van der Waals surface area contributed by atoms with Gasteiger partial charge in [0, 0.05) is 18.0 Å². The molecule has 1 saturated heterocycles. The molecule has 0 aromatic heterocycles. The number of halogens is 1. The molecule has 1 heterocycles. The summed E-state index contributed by atoms with van der Waals surface area (Å²) in [5.74, 6) is -0.0903. The average Bonchev–Trinajstić information content (AvgIpc) is 3.07.